The Morgan fingerprint density at radius 2 is 1.92 bits per heavy atom. The van der Waals surface area contributed by atoms with Gasteiger partial charge < -0.3 is 5.32 Å². The highest BCUT2D eigenvalue weighted by Crippen LogP contribution is 2.27. The van der Waals surface area contributed by atoms with Crippen molar-refractivity contribution in [3.63, 3.8) is 0 Å². The van der Waals surface area contributed by atoms with E-state index in [-0.39, 0.29) is 11.5 Å². The van der Waals surface area contributed by atoms with Gasteiger partial charge in [0.2, 0.25) is 0 Å². The zero-order valence-corrected chi connectivity index (χ0v) is 8.19. The summed E-state index contributed by atoms with van der Waals surface area (Å²) in [6.45, 7) is 0. The quantitative estimate of drug-likeness (QED) is 0.734. The van der Waals surface area contributed by atoms with Crippen molar-refractivity contribution in [3.8, 4) is 0 Å². The van der Waals surface area contributed by atoms with Gasteiger partial charge in [-0.2, -0.15) is 0 Å². The molecule has 0 saturated carbocycles. The molecule has 1 aromatic carbocycles. The van der Waals surface area contributed by atoms with Crippen LogP contribution >= 0.6 is 0 Å². The number of hydrogen-bond acceptors (Lipinski definition) is 3. The number of benzene rings is 1. The lowest BCUT2D eigenvalue weighted by Gasteiger charge is -2.01. The van der Waals surface area contributed by atoms with Crippen LogP contribution in [-0.2, 0) is 21.3 Å². The molecule has 3 nitrogen and oxygen atoms in total. The smallest absolute Gasteiger partial charge is 0.158 e. The first-order valence-corrected chi connectivity index (χ1v) is 5.93. The van der Waals surface area contributed by atoms with Crippen LogP contribution in [0.5, 0.6) is 0 Å². The van der Waals surface area contributed by atoms with Crippen LogP contribution in [0, 0.1) is 0 Å². The van der Waals surface area contributed by atoms with E-state index in [1.54, 1.807) is 0 Å². The molecular weight excluding hydrogens is 186 g/mol. The third kappa shape index (κ3) is 1.54. The van der Waals surface area contributed by atoms with Gasteiger partial charge in [0.25, 0.3) is 0 Å². The molecule has 0 aliphatic carbocycles. The Labute approximate surface area is 77.7 Å². The van der Waals surface area contributed by atoms with Crippen molar-refractivity contribution in [2.24, 2.45) is 0 Å². The van der Waals surface area contributed by atoms with Gasteiger partial charge in [-0.05, 0) is 23.3 Å². The molecule has 1 aliphatic heterocycles. The number of rotatable bonds is 1. The Morgan fingerprint density at radius 3 is 2.62 bits per heavy atom. The first-order chi connectivity index (χ1) is 6.11. The number of hydrogen-bond donors (Lipinski definition) is 1. The van der Waals surface area contributed by atoms with Gasteiger partial charge >= 0.3 is 0 Å². The van der Waals surface area contributed by atoms with E-state index in [9.17, 15) is 8.42 Å². The van der Waals surface area contributed by atoms with Crippen LogP contribution in [0.15, 0.2) is 18.2 Å². The molecule has 0 amide bonds. The fourth-order valence-corrected chi connectivity index (χ4v) is 3.18. The summed E-state index contributed by atoms with van der Waals surface area (Å²) in [7, 11) is -1.03. The highest BCUT2D eigenvalue weighted by atomic mass is 32.2. The Bertz CT molecular complexity index is 437. The summed E-state index contributed by atoms with van der Waals surface area (Å²) >= 11 is 0. The van der Waals surface area contributed by atoms with E-state index in [2.05, 4.69) is 5.32 Å². The van der Waals surface area contributed by atoms with Crippen LogP contribution < -0.4 is 5.32 Å². The van der Waals surface area contributed by atoms with E-state index in [0.717, 1.165) is 16.8 Å². The summed E-state index contributed by atoms with van der Waals surface area (Å²) in [6.07, 6.45) is 0. The fraction of sp³-hybridized carbons (Fsp3) is 0.333. The monoisotopic (exact) mass is 197 g/mol. The Hall–Kier alpha value is -1.03. The normalized spacial score (nSPS) is 18.2. The summed E-state index contributed by atoms with van der Waals surface area (Å²) in [5, 5.41) is 2.99. The molecule has 0 saturated heterocycles. The van der Waals surface area contributed by atoms with Gasteiger partial charge in [-0.25, -0.2) is 8.42 Å². The maximum absolute atomic E-state index is 11.3. The van der Waals surface area contributed by atoms with Gasteiger partial charge in [0, 0.05) is 12.7 Å². The van der Waals surface area contributed by atoms with Gasteiger partial charge in [0.05, 0.1) is 11.5 Å². The molecule has 1 aliphatic rings. The number of fused-ring (bicyclic) bond motifs is 1. The largest absolute Gasteiger partial charge is 0.388 e. The lowest BCUT2D eigenvalue weighted by atomic mass is 10.1. The molecule has 0 aromatic heterocycles. The highest BCUT2D eigenvalue weighted by molar-refractivity contribution is 7.90. The van der Waals surface area contributed by atoms with Crippen molar-refractivity contribution in [1.29, 1.82) is 0 Å². The van der Waals surface area contributed by atoms with Crippen molar-refractivity contribution in [3.05, 3.63) is 29.3 Å². The van der Waals surface area contributed by atoms with Crippen LogP contribution in [0.1, 0.15) is 11.1 Å². The second kappa shape index (κ2) is 2.73. The molecule has 1 N–H and O–H groups in total. The summed E-state index contributed by atoms with van der Waals surface area (Å²) in [5.74, 6) is 0.393. The first-order valence-electron chi connectivity index (χ1n) is 4.11. The molecule has 2 rings (SSSR count). The predicted molar refractivity (Wildman–Crippen MR) is 52.3 cm³/mol. The van der Waals surface area contributed by atoms with Crippen molar-refractivity contribution in [2.45, 2.75) is 11.5 Å². The van der Waals surface area contributed by atoms with Gasteiger partial charge in [-0.3, -0.25) is 0 Å². The lowest BCUT2D eigenvalue weighted by Crippen LogP contribution is -1.95. The summed E-state index contributed by atoms with van der Waals surface area (Å²) < 4.78 is 22.5. The molecule has 0 fully saturated rings. The lowest BCUT2D eigenvalue weighted by molar-refractivity contribution is 0.598. The molecule has 0 bridgehead atoms. The molecule has 1 heterocycles. The van der Waals surface area contributed by atoms with Crippen LogP contribution in [0.25, 0.3) is 0 Å². The van der Waals surface area contributed by atoms with Crippen molar-refractivity contribution < 1.29 is 8.42 Å². The molecule has 70 valence electrons. The molecule has 0 spiro atoms. The Morgan fingerprint density at radius 1 is 1.23 bits per heavy atom. The fourth-order valence-electron chi connectivity index (χ4n) is 1.58. The van der Waals surface area contributed by atoms with Crippen LogP contribution in [0.2, 0.25) is 0 Å². The molecular formula is C9H11NO2S. The molecule has 4 heteroatoms. The Kier molecular flexibility index (Phi) is 1.80. The molecule has 1 aromatic rings. The average molecular weight is 197 g/mol. The van der Waals surface area contributed by atoms with Crippen molar-refractivity contribution >= 4 is 15.5 Å². The molecule has 0 unspecified atom stereocenters. The van der Waals surface area contributed by atoms with Gasteiger partial charge in [0.1, 0.15) is 0 Å². The van der Waals surface area contributed by atoms with Gasteiger partial charge in [0.15, 0.2) is 9.84 Å². The van der Waals surface area contributed by atoms with E-state index < -0.39 is 9.84 Å². The third-order valence-electron chi connectivity index (χ3n) is 2.25. The minimum atomic E-state index is -2.86. The second-order valence-electron chi connectivity index (χ2n) is 3.27. The average Bonchev–Trinajstić information content (AvgIpc) is 2.36. The number of anilines is 1. The SMILES string of the molecule is CNc1ccc2c(c1)CS(=O)(=O)C2. The van der Waals surface area contributed by atoms with E-state index in [1.807, 2.05) is 25.2 Å². The first kappa shape index (κ1) is 8.56. The summed E-state index contributed by atoms with van der Waals surface area (Å²) in [6, 6.07) is 5.69. The maximum atomic E-state index is 11.3. The second-order valence-corrected chi connectivity index (χ2v) is 5.33. The Balaban J connectivity index is 2.47. The van der Waals surface area contributed by atoms with Crippen molar-refractivity contribution in [1.82, 2.24) is 0 Å². The highest BCUT2D eigenvalue weighted by Gasteiger charge is 2.24. The summed E-state index contributed by atoms with van der Waals surface area (Å²) in [4.78, 5) is 0. The molecule has 13 heavy (non-hydrogen) atoms. The van der Waals surface area contributed by atoms with E-state index in [4.69, 9.17) is 0 Å². The predicted octanol–water partition coefficient (Wildman–Crippen LogP) is 1.16. The molecule has 0 atom stereocenters. The van der Waals surface area contributed by atoms with E-state index in [1.165, 1.54) is 0 Å². The minimum absolute atomic E-state index is 0.192. The van der Waals surface area contributed by atoms with E-state index >= 15 is 0 Å². The zero-order chi connectivity index (χ0) is 9.47. The maximum Gasteiger partial charge on any atom is 0.158 e. The standard InChI is InChI=1S/C9H11NO2S/c1-10-9-3-2-7-5-13(11,12)6-8(7)4-9/h2-4,10H,5-6H2,1H3. The van der Waals surface area contributed by atoms with Gasteiger partial charge in [-0.1, -0.05) is 6.07 Å². The minimum Gasteiger partial charge on any atom is -0.388 e. The topological polar surface area (TPSA) is 46.2 Å². The number of nitrogens with one attached hydrogen (secondary N) is 1. The summed E-state index contributed by atoms with van der Waals surface area (Å²) in [5.41, 5.74) is 2.85. The van der Waals surface area contributed by atoms with Crippen LogP contribution in [0.4, 0.5) is 5.69 Å². The van der Waals surface area contributed by atoms with Crippen LogP contribution in [0.3, 0.4) is 0 Å². The van der Waals surface area contributed by atoms with Crippen LogP contribution in [-0.4, -0.2) is 15.5 Å². The van der Waals surface area contributed by atoms with Crippen molar-refractivity contribution in [2.75, 3.05) is 12.4 Å². The number of sulfone groups is 1. The molecule has 0 radical (unpaired) electrons. The zero-order valence-electron chi connectivity index (χ0n) is 7.37. The van der Waals surface area contributed by atoms with E-state index in [0.29, 0.717) is 0 Å². The van der Waals surface area contributed by atoms with Gasteiger partial charge in [-0.15, -0.1) is 0 Å². The third-order valence-corrected chi connectivity index (χ3v) is 3.75.